The Bertz CT molecular complexity index is 680. The van der Waals surface area contributed by atoms with E-state index in [2.05, 4.69) is 29.1 Å². The van der Waals surface area contributed by atoms with Crippen LogP contribution in [0.15, 0.2) is 36.7 Å². The number of carbonyl (C=O) groups is 1. The van der Waals surface area contributed by atoms with Crippen molar-refractivity contribution in [1.29, 1.82) is 0 Å². The number of carboxylic acids is 1. The number of rotatable bonds is 4. The third-order valence-electron chi connectivity index (χ3n) is 4.47. The molecule has 0 spiro atoms. The van der Waals surface area contributed by atoms with Gasteiger partial charge < -0.3 is 5.11 Å². The van der Waals surface area contributed by atoms with Crippen LogP contribution in [0.25, 0.3) is 0 Å². The molecule has 1 aromatic carbocycles. The molecule has 0 bridgehead atoms. The van der Waals surface area contributed by atoms with Gasteiger partial charge in [0.05, 0.1) is 12.1 Å². The van der Waals surface area contributed by atoms with Crippen molar-refractivity contribution in [2.24, 2.45) is 13.0 Å². The van der Waals surface area contributed by atoms with Crippen molar-refractivity contribution in [3.05, 3.63) is 53.3 Å². The number of likely N-dealkylation sites (tertiary alicyclic amines) is 1. The lowest BCUT2D eigenvalue weighted by molar-refractivity contribution is -0.141. The molecule has 1 N–H and O–H groups in total. The lowest BCUT2D eigenvalue weighted by Crippen LogP contribution is -2.23. The minimum atomic E-state index is -0.707. The van der Waals surface area contributed by atoms with E-state index in [1.54, 1.807) is 4.68 Å². The van der Waals surface area contributed by atoms with Gasteiger partial charge in [-0.25, -0.2) is 0 Å². The van der Waals surface area contributed by atoms with Gasteiger partial charge >= 0.3 is 5.97 Å². The SMILES string of the molecule is Cc1ccccc1[C@H]1CN(Cc2cnn(C)c2)C[C@@H]1C(=O)O. The predicted molar refractivity (Wildman–Crippen MR) is 83.5 cm³/mol. The minimum Gasteiger partial charge on any atom is -0.481 e. The Morgan fingerprint density at radius 3 is 2.77 bits per heavy atom. The van der Waals surface area contributed by atoms with Gasteiger partial charge in [0.15, 0.2) is 0 Å². The van der Waals surface area contributed by atoms with E-state index in [0.29, 0.717) is 6.54 Å². The second-order valence-electron chi connectivity index (χ2n) is 6.12. The van der Waals surface area contributed by atoms with Crippen LogP contribution < -0.4 is 0 Å². The molecule has 0 radical (unpaired) electrons. The van der Waals surface area contributed by atoms with E-state index >= 15 is 0 Å². The normalized spacial score (nSPS) is 22.1. The molecule has 1 fully saturated rings. The Labute approximate surface area is 130 Å². The number of nitrogens with zero attached hydrogens (tertiary/aromatic N) is 3. The van der Waals surface area contributed by atoms with Gasteiger partial charge in [0, 0.05) is 44.4 Å². The molecule has 3 rings (SSSR count). The van der Waals surface area contributed by atoms with Crippen molar-refractivity contribution < 1.29 is 9.90 Å². The lowest BCUT2D eigenvalue weighted by atomic mass is 9.86. The first-order valence-corrected chi connectivity index (χ1v) is 7.53. The van der Waals surface area contributed by atoms with Crippen molar-refractivity contribution in [1.82, 2.24) is 14.7 Å². The number of benzene rings is 1. The molecule has 2 atom stereocenters. The number of aromatic nitrogens is 2. The second-order valence-corrected chi connectivity index (χ2v) is 6.12. The summed E-state index contributed by atoms with van der Waals surface area (Å²) in [4.78, 5) is 13.9. The Morgan fingerprint density at radius 2 is 2.14 bits per heavy atom. The molecular formula is C17H21N3O2. The fraction of sp³-hybridized carbons (Fsp3) is 0.412. The summed E-state index contributed by atoms with van der Waals surface area (Å²) >= 11 is 0. The number of carboxylic acid groups (broad SMARTS) is 1. The van der Waals surface area contributed by atoms with Gasteiger partial charge in [-0.1, -0.05) is 24.3 Å². The van der Waals surface area contributed by atoms with E-state index < -0.39 is 5.97 Å². The molecule has 0 aliphatic carbocycles. The molecule has 1 aliphatic rings. The van der Waals surface area contributed by atoms with Gasteiger partial charge in [0.25, 0.3) is 0 Å². The summed E-state index contributed by atoms with van der Waals surface area (Å²) in [5, 5.41) is 13.8. The Hall–Kier alpha value is -2.14. The quantitative estimate of drug-likeness (QED) is 0.938. The molecule has 1 aliphatic heterocycles. The van der Waals surface area contributed by atoms with Crippen LogP contribution in [-0.2, 0) is 18.4 Å². The summed E-state index contributed by atoms with van der Waals surface area (Å²) in [6, 6.07) is 8.10. The smallest absolute Gasteiger partial charge is 0.308 e. The van der Waals surface area contributed by atoms with Crippen molar-refractivity contribution in [3.63, 3.8) is 0 Å². The van der Waals surface area contributed by atoms with E-state index in [-0.39, 0.29) is 11.8 Å². The number of aryl methyl sites for hydroxylation is 2. The summed E-state index contributed by atoms with van der Waals surface area (Å²) in [6.07, 6.45) is 3.83. The molecule has 5 heteroatoms. The van der Waals surface area contributed by atoms with Crippen LogP contribution in [0.3, 0.4) is 0 Å². The van der Waals surface area contributed by atoms with E-state index in [1.165, 1.54) is 5.56 Å². The molecule has 0 saturated carbocycles. The molecule has 2 heterocycles. The topological polar surface area (TPSA) is 58.4 Å². The third kappa shape index (κ3) is 2.90. The molecule has 2 aromatic rings. The van der Waals surface area contributed by atoms with Crippen molar-refractivity contribution >= 4 is 5.97 Å². The van der Waals surface area contributed by atoms with Crippen molar-refractivity contribution in [2.45, 2.75) is 19.4 Å². The molecule has 5 nitrogen and oxygen atoms in total. The summed E-state index contributed by atoms with van der Waals surface area (Å²) in [5.74, 6) is -1.00. The maximum atomic E-state index is 11.7. The van der Waals surface area contributed by atoms with Crippen LogP contribution >= 0.6 is 0 Å². The lowest BCUT2D eigenvalue weighted by Gasteiger charge is -2.17. The van der Waals surface area contributed by atoms with Crippen molar-refractivity contribution in [3.8, 4) is 0 Å². The second kappa shape index (κ2) is 5.93. The zero-order valence-electron chi connectivity index (χ0n) is 12.9. The van der Waals surface area contributed by atoms with Gasteiger partial charge in [-0.05, 0) is 18.1 Å². The maximum Gasteiger partial charge on any atom is 0.308 e. The first kappa shape index (κ1) is 14.8. The molecule has 0 unspecified atom stereocenters. The zero-order chi connectivity index (χ0) is 15.7. The van der Waals surface area contributed by atoms with Crippen LogP contribution in [0.4, 0.5) is 0 Å². The largest absolute Gasteiger partial charge is 0.481 e. The van der Waals surface area contributed by atoms with Crippen LogP contribution in [0.1, 0.15) is 22.6 Å². The highest BCUT2D eigenvalue weighted by atomic mass is 16.4. The molecule has 22 heavy (non-hydrogen) atoms. The summed E-state index contributed by atoms with van der Waals surface area (Å²) < 4.78 is 1.78. The van der Waals surface area contributed by atoms with Gasteiger partial charge in [-0.3, -0.25) is 14.4 Å². The average molecular weight is 299 g/mol. The Kier molecular flexibility index (Phi) is 3.98. The van der Waals surface area contributed by atoms with Crippen LogP contribution in [0, 0.1) is 12.8 Å². The summed E-state index contributed by atoms with van der Waals surface area (Å²) in [5.41, 5.74) is 3.45. The molecule has 116 valence electrons. The fourth-order valence-corrected chi connectivity index (χ4v) is 3.39. The third-order valence-corrected chi connectivity index (χ3v) is 4.47. The zero-order valence-corrected chi connectivity index (χ0v) is 12.9. The Morgan fingerprint density at radius 1 is 1.36 bits per heavy atom. The summed E-state index contributed by atoms with van der Waals surface area (Å²) in [6.45, 7) is 4.16. The van der Waals surface area contributed by atoms with Crippen molar-refractivity contribution in [2.75, 3.05) is 13.1 Å². The van der Waals surface area contributed by atoms with Gasteiger partial charge in [-0.2, -0.15) is 5.10 Å². The standard InChI is InChI=1S/C17H21N3O2/c1-12-5-3-4-6-14(12)15-10-20(11-16(15)17(21)22)9-13-7-18-19(2)8-13/h3-8,15-16H,9-11H2,1-2H3,(H,21,22)/t15-,16+/m1/s1. The van der Waals surface area contributed by atoms with Gasteiger partial charge in [0.1, 0.15) is 0 Å². The monoisotopic (exact) mass is 299 g/mol. The number of hydrogen-bond donors (Lipinski definition) is 1. The molecule has 1 aromatic heterocycles. The predicted octanol–water partition coefficient (Wildman–Crippen LogP) is 2.03. The Balaban J connectivity index is 1.81. The maximum absolute atomic E-state index is 11.7. The highest BCUT2D eigenvalue weighted by Crippen LogP contribution is 2.35. The fourth-order valence-electron chi connectivity index (χ4n) is 3.39. The van der Waals surface area contributed by atoms with Crippen LogP contribution in [-0.4, -0.2) is 38.8 Å². The highest BCUT2D eigenvalue weighted by Gasteiger charge is 2.38. The minimum absolute atomic E-state index is 0.0513. The first-order chi connectivity index (χ1) is 10.5. The highest BCUT2D eigenvalue weighted by molar-refractivity contribution is 5.72. The van der Waals surface area contributed by atoms with E-state index in [9.17, 15) is 9.90 Å². The summed E-state index contributed by atoms with van der Waals surface area (Å²) in [7, 11) is 1.89. The van der Waals surface area contributed by atoms with E-state index in [4.69, 9.17) is 0 Å². The van der Waals surface area contributed by atoms with E-state index in [0.717, 1.165) is 24.2 Å². The van der Waals surface area contributed by atoms with Crippen LogP contribution in [0.2, 0.25) is 0 Å². The number of aliphatic carboxylic acids is 1. The average Bonchev–Trinajstić information content (AvgIpc) is 3.06. The number of hydrogen-bond acceptors (Lipinski definition) is 3. The first-order valence-electron chi connectivity index (χ1n) is 7.53. The molecule has 0 amide bonds. The van der Waals surface area contributed by atoms with Gasteiger partial charge in [-0.15, -0.1) is 0 Å². The van der Waals surface area contributed by atoms with E-state index in [1.807, 2.05) is 31.6 Å². The van der Waals surface area contributed by atoms with Crippen LogP contribution in [0.5, 0.6) is 0 Å². The molecule has 1 saturated heterocycles. The van der Waals surface area contributed by atoms with Gasteiger partial charge in [0.2, 0.25) is 0 Å². The molecular weight excluding hydrogens is 278 g/mol.